The molecule has 36 heavy (non-hydrogen) atoms. The van der Waals surface area contributed by atoms with E-state index in [1.54, 1.807) is 24.8 Å². The summed E-state index contributed by atoms with van der Waals surface area (Å²) in [5, 5.41) is 5.84. The van der Waals surface area contributed by atoms with Crippen LogP contribution in [0.15, 0.2) is 53.1 Å². The third-order valence-corrected chi connectivity index (χ3v) is 6.32. The molecule has 3 heterocycles. The molecule has 0 fully saturated rings. The van der Waals surface area contributed by atoms with E-state index in [9.17, 15) is 4.79 Å². The molecular formula is C27H30BrN5O3. The van der Waals surface area contributed by atoms with Gasteiger partial charge in [-0.3, -0.25) is 0 Å². The normalized spacial score (nSPS) is 11.3. The van der Waals surface area contributed by atoms with Crippen molar-refractivity contribution in [1.29, 1.82) is 0 Å². The molecule has 0 atom stereocenters. The first kappa shape index (κ1) is 25.8. The minimum absolute atomic E-state index is 0.127. The minimum atomic E-state index is -0.474. The summed E-state index contributed by atoms with van der Waals surface area (Å²) in [5.41, 5.74) is 4.27. The Labute approximate surface area is 219 Å². The lowest BCUT2D eigenvalue weighted by Crippen LogP contribution is -2.22. The molecule has 4 aromatic rings. The Morgan fingerprint density at radius 1 is 1.19 bits per heavy atom. The smallest absolute Gasteiger partial charge is 0.357 e. The Bertz CT molecular complexity index is 1370. The second kappa shape index (κ2) is 11.2. The first-order valence-corrected chi connectivity index (χ1v) is 12.7. The maximum atomic E-state index is 12.8. The number of pyridine rings is 2. The largest absolute Gasteiger partial charge is 0.461 e. The fourth-order valence-electron chi connectivity index (χ4n) is 3.99. The number of hydrogen-bond donors (Lipinski definition) is 0. The van der Waals surface area contributed by atoms with Gasteiger partial charge in [0.15, 0.2) is 11.3 Å². The van der Waals surface area contributed by atoms with Crippen LogP contribution in [-0.4, -0.2) is 59.6 Å². The van der Waals surface area contributed by atoms with E-state index in [2.05, 4.69) is 34.8 Å². The molecule has 1 aromatic carbocycles. The number of likely N-dealkylation sites (N-methyl/N-ethyl adjacent to an activating group) is 1. The van der Waals surface area contributed by atoms with E-state index in [1.807, 2.05) is 54.5 Å². The first-order chi connectivity index (χ1) is 17.3. The molecule has 9 heteroatoms. The SMILES string of the molecule is CCOC(=O)c1cc(-c2ccc(N(C)CCOC)nc2)c2c(C(C)C)nn(-c3cccc(Br)c3)c2n1. The Hall–Kier alpha value is -3.30. The van der Waals surface area contributed by atoms with Gasteiger partial charge in [0.2, 0.25) is 0 Å². The lowest BCUT2D eigenvalue weighted by Gasteiger charge is -2.18. The highest BCUT2D eigenvalue weighted by molar-refractivity contribution is 9.10. The zero-order valence-electron chi connectivity index (χ0n) is 21.2. The monoisotopic (exact) mass is 551 g/mol. The Morgan fingerprint density at radius 2 is 2.00 bits per heavy atom. The zero-order chi connectivity index (χ0) is 25.8. The highest BCUT2D eigenvalue weighted by Crippen LogP contribution is 2.36. The topological polar surface area (TPSA) is 82.4 Å². The molecule has 3 aromatic heterocycles. The van der Waals surface area contributed by atoms with Crippen LogP contribution in [0.3, 0.4) is 0 Å². The summed E-state index contributed by atoms with van der Waals surface area (Å²) >= 11 is 3.55. The molecular weight excluding hydrogens is 522 g/mol. The van der Waals surface area contributed by atoms with Gasteiger partial charge in [-0.05, 0) is 54.8 Å². The quantitative estimate of drug-likeness (QED) is 0.249. The van der Waals surface area contributed by atoms with Crippen LogP contribution in [0.2, 0.25) is 0 Å². The molecule has 0 radical (unpaired) electrons. The van der Waals surface area contributed by atoms with Crippen LogP contribution in [0.5, 0.6) is 0 Å². The van der Waals surface area contributed by atoms with Gasteiger partial charge in [-0.25, -0.2) is 19.4 Å². The van der Waals surface area contributed by atoms with Gasteiger partial charge in [-0.15, -0.1) is 0 Å². The van der Waals surface area contributed by atoms with Crippen LogP contribution < -0.4 is 4.90 Å². The summed E-state index contributed by atoms with van der Waals surface area (Å²) in [6.07, 6.45) is 1.82. The number of hydrogen-bond acceptors (Lipinski definition) is 7. The molecule has 0 aliphatic carbocycles. The van der Waals surface area contributed by atoms with E-state index in [4.69, 9.17) is 19.6 Å². The number of carbonyl (C=O) groups is 1. The number of fused-ring (bicyclic) bond motifs is 1. The van der Waals surface area contributed by atoms with Crippen molar-refractivity contribution in [1.82, 2.24) is 19.7 Å². The molecule has 0 amide bonds. The number of benzene rings is 1. The number of aromatic nitrogens is 4. The number of rotatable bonds is 9. The predicted molar refractivity (Wildman–Crippen MR) is 145 cm³/mol. The Balaban J connectivity index is 1.94. The summed E-state index contributed by atoms with van der Waals surface area (Å²) in [6.45, 7) is 7.58. The summed E-state index contributed by atoms with van der Waals surface area (Å²) in [6, 6.07) is 13.6. The zero-order valence-corrected chi connectivity index (χ0v) is 22.7. The average Bonchev–Trinajstić information content (AvgIpc) is 3.27. The van der Waals surface area contributed by atoms with Gasteiger partial charge in [-0.1, -0.05) is 35.8 Å². The van der Waals surface area contributed by atoms with Gasteiger partial charge in [0.05, 0.1) is 30.0 Å². The van der Waals surface area contributed by atoms with Crippen molar-refractivity contribution in [3.63, 3.8) is 0 Å². The summed E-state index contributed by atoms with van der Waals surface area (Å²) in [7, 11) is 3.66. The minimum Gasteiger partial charge on any atom is -0.461 e. The van der Waals surface area contributed by atoms with Gasteiger partial charge in [0.25, 0.3) is 0 Å². The molecule has 0 spiro atoms. The molecule has 0 unspecified atom stereocenters. The molecule has 0 aliphatic heterocycles. The molecule has 4 rings (SSSR count). The summed E-state index contributed by atoms with van der Waals surface area (Å²) in [5.74, 6) is 0.487. The van der Waals surface area contributed by atoms with E-state index in [-0.39, 0.29) is 18.2 Å². The maximum Gasteiger partial charge on any atom is 0.357 e. The van der Waals surface area contributed by atoms with Crippen LogP contribution in [-0.2, 0) is 9.47 Å². The van der Waals surface area contributed by atoms with Crippen LogP contribution in [0, 0.1) is 0 Å². The van der Waals surface area contributed by atoms with E-state index in [0.29, 0.717) is 12.3 Å². The summed E-state index contributed by atoms with van der Waals surface area (Å²) in [4.78, 5) is 24.2. The number of halogens is 1. The van der Waals surface area contributed by atoms with Crippen LogP contribution in [0.4, 0.5) is 5.82 Å². The number of carbonyl (C=O) groups excluding carboxylic acids is 1. The van der Waals surface area contributed by atoms with Crippen molar-refractivity contribution < 1.29 is 14.3 Å². The van der Waals surface area contributed by atoms with Crippen molar-refractivity contribution in [2.45, 2.75) is 26.7 Å². The van der Waals surface area contributed by atoms with E-state index >= 15 is 0 Å². The molecule has 0 saturated carbocycles. The van der Waals surface area contributed by atoms with Crippen molar-refractivity contribution in [3.05, 3.63) is 64.5 Å². The highest BCUT2D eigenvalue weighted by Gasteiger charge is 2.23. The van der Waals surface area contributed by atoms with Gasteiger partial charge < -0.3 is 14.4 Å². The number of methoxy groups -OCH3 is 1. The van der Waals surface area contributed by atoms with Crippen LogP contribution >= 0.6 is 15.9 Å². The molecule has 8 nitrogen and oxygen atoms in total. The number of anilines is 1. The van der Waals surface area contributed by atoms with Gasteiger partial charge in [0, 0.05) is 36.9 Å². The lowest BCUT2D eigenvalue weighted by molar-refractivity contribution is 0.0520. The third kappa shape index (κ3) is 5.27. The summed E-state index contributed by atoms with van der Waals surface area (Å²) < 4.78 is 13.2. The van der Waals surface area contributed by atoms with E-state index in [0.717, 1.165) is 44.7 Å². The average molecular weight is 552 g/mol. The van der Waals surface area contributed by atoms with Gasteiger partial charge >= 0.3 is 5.97 Å². The van der Waals surface area contributed by atoms with Crippen molar-refractivity contribution in [3.8, 4) is 16.8 Å². The van der Waals surface area contributed by atoms with Gasteiger partial charge in [-0.2, -0.15) is 5.10 Å². The highest BCUT2D eigenvalue weighted by atomic mass is 79.9. The predicted octanol–water partition coefficient (Wildman–Crippen LogP) is 5.63. The van der Waals surface area contributed by atoms with Crippen molar-refractivity contribution in [2.75, 3.05) is 38.8 Å². The van der Waals surface area contributed by atoms with Crippen LogP contribution in [0.1, 0.15) is 42.9 Å². The number of esters is 1. The third-order valence-electron chi connectivity index (χ3n) is 5.83. The molecule has 0 aliphatic rings. The van der Waals surface area contributed by atoms with Crippen LogP contribution in [0.25, 0.3) is 27.8 Å². The molecule has 0 N–H and O–H groups in total. The molecule has 188 valence electrons. The second-order valence-electron chi connectivity index (χ2n) is 8.73. The van der Waals surface area contributed by atoms with Crippen molar-refractivity contribution >= 4 is 38.8 Å². The van der Waals surface area contributed by atoms with Gasteiger partial charge in [0.1, 0.15) is 5.82 Å². The fourth-order valence-corrected chi connectivity index (χ4v) is 4.37. The Kier molecular flexibility index (Phi) is 8.01. The first-order valence-electron chi connectivity index (χ1n) is 11.9. The van der Waals surface area contributed by atoms with Crippen molar-refractivity contribution in [2.24, 2.45) is 0 Å². The van der Waals surface area contributed by atoms with E-state index in [1.165, 1.54) is 0 Å². The maximum absolute atomic E-state index is 12.8. The second-order valence-corrected chi connectivity index (χ2v) is 9.64. The lowest BCUT2D eigenvalue weighted by atomic mass is 9.98. The van der Waals surface area contributed by atoms with E-state index < -0.39 is 5.97 Å². The number of nitrogens with zero attached hydrogens (tertiary/aromatic N) is 5. The molecule has 0 bridgehead atoms. The standard InChI is InChI=1S/C27H30BrN5O3/c1-6-36-27(34)22-15-21(18-10-11-23(29-16-18)32(4)12-13-35-5)24-25(17(2)3)31-33(26(24)30-22)20-9-7-8-19(28)14-20/h7-11,14-17H,6,12-13H2,1-5H3. The number of ether oxygens (including phenoxy) is 2. The fraction of sp³-hybridized carbons (Fsp3) is 0.333. The molecule has 0 saturated heterocycles. The Morgan fingerprint density at radius 3 is 2.64 bits per heavy atom.